The molecule has 0 N–H and O–H groups in total. The van der Waals surface area contributed by atoms with Crippen LogP contribution in [0.3, 0.4) is 0 Å². The number of Topliss-reactive ketones (excluding diaryl/α,β-unsaturated/α-hetero) is 1. The maximum Gasteiger partial charge on any atom is 0.170 e. The van der Waals surface area contributed by atoms with Gasteiger partial charge in [0.2, 0.25) is 0 Å². The van der Waals surface area contributed by atoms with E-state index in [0.717, 1.165) is 16.9 Å². The molecule has 1 aromatic carbocycles. The highest BCUT2D eigenvalue weighted by Crippen LogP contribution is 2.27. The van der Waals surface area contributed by atoms with Crippen molar-refractivity contribution < 1.29 is 9.53 Å². The lowest BCUT2D eigenvalue weighted by atomic mass is 9.99. The number of aryl methyl sites for hydroxylation is 2. The lowest BCUT2D eigenvalue weighted by molar-refractivity contribution is 0.0933. The van der Waals surface area contributed by atoms with Gasteiger partial charge >= 0.3 is 0 Å². The second-order valence-electron chi connectivity index (χ2n) is 3.45. The van der Waals surface area contributed by atoms with Gasteiger partial charge in [-0.15, -0.1) is 0 Å². The maximum absolute atomic E-state index is 11.5. The number of ketones is 1. The zero-order valence-corrected chi connectivity index (χ0v) is 7.89. The summed E-state index contributed by atoms with van der Waals surface area (Å²) in [6.45, 7) is 4.56. The van der Waals surface area contributed by atoms with Crippen molar-refractivity contribution in [1.29, 1.82) is 0 Å². The molecule has 2 nitrogen and oxygen atoms in total. The first-order chi connectivity index (χ1) is 6.18. The largest absolute Gasteiger partial charge is 0.492 e. The topological polar surface area (TPSA) is 26.3 Å². The van der Waals surface area contributed by atoms with E-state index in [-0.39, 0.29) is 5.78 Å². The molecule has 0 unspecified atom stereocenters. The van der Waals surface area contributed by atoms with Crippen LogP contribution >= 0.6 is 0 Å². The van der Waals surface area contributed by atoms with Gasteiger partial charge in [0.25, 0.3) is 0 Å². The predicted octanol–water partition coefficient (Wildman–Crippen LogP) is 2.27. The van der Waals surface area contributed by atoms with Gasteiger partial charge in [0.1, 0.15) is 5.75 Å². The van der Waals surface area contributed by atoms with E-state index in [1.807, 2.05) is 26.0 Å². The van der Waals surface area contributed by atoms with E-state index in [2.05, 4.69) is 0 Å². The molecule has 1 aromatic rings. The Morgan fingerprint density at radius 2 is 1.92 bits per heavy atom. The Bertz CT molecular complexity index is 367. The minimum absolute atomic E-state index is 0.198. The van der Waals surface area contributed by atoms with Crippen LogP contribution in [0.25, 0.3) is 0 Å². The van der Waals surface area contributed by atoms with Crippen LogP contribution in [0.15, 0.2) is 12.1 Å². The molecule has 0 spiro atoms. The van der Waals surface area contributed by atoms with Crippen molar-refractivity contribution in [1.82, 2.24) is 0 Å². The SMILES string of the molecule is Cc1cc2c(cc1C)C(=O)CCO2. The highest BCUT2D eigenvalue weighted by atomic mass is 16.5. The normalized spacial score (nSPS) is 15.1. The average molecular weight is 176 g/mol. The van der Waals surface area contributed by atoms with E-state index in [4.69, 9.17) is 4.74 Å². The number of rotatable bonds is 0. The molecular weight excluding hydrogens is 164 g/mol. The van der Waals surface area contributed by atoms with Crippen molar-refractivity contribution in [3.8, 4) is 5.75 Å². The number of carbonyl (C=O) groups excluding carboxylic acids is 1. The first kappa shape index (κ1) is 8.30. The fourth-order valence-electron chi connectivity index (χ4n) is 1.52. The number of hydrogen-bond donors (Lipinski definition) is 0. The second-order valence-corrected chi connectivity index (χ2v) is 3.45. The zero-order chi connectivity index (χ0) is 9.42. The fraction of sp³-hybridized carbons (Fsp3) is 0.364. The van der Waals surface area contributed by atoms with Crippen molar-refractivity contribution in [3.05, 3.63) is 28.8 Å². The molecule has 0 amide bonds. The van der Waals surface area contributed by atoms with Crippen LogP contribution in [-0.2, 0) is 0 Å². The Morgan fingerprint density at radius 1 is 1.23 bits per heavy atom. The third kappa shape index (κ3) is 1.32. The second kappa shape index (κ2) is 2.87. The van der Waals surface area contributed by atoms with Crippen molar-refractivity contribution in [2.45, 2.75) is 20.3 Å². The minimum atomic E-state index is 0.198. The van der Waals surface area contributed by atoms with E-state index in [1.165, 1.54) is 5.56 Å². The standard InChI is InChI=1S/C11H12O2/c1-7-5-9-10(12)3-4-13-11(9)6-8(7)2/h5-6H,3-4H2,1-2H3. The van der Waals surface area contributed by atoms with Crippen LogP contribution in [-0.4, -0.2) is 12.4 Å². The molecule has 0 fully saturated rings. The first-order valence-corrected chi connectivity index (χ1v) is 4.46. The van der Waals surface area contributed by atoms with Gasteiger partial charge in [-0.3, -0.25) is 4.79 Å². The van der Waals surface area contributed by atoms with Crippen molar-refractivity contribution in [2.75, 3.05) is 6.61 Å². The summed E-state index contributed by atoms with van der Waals surface area (Å²) < 4.78 is 5.41. The van der Waals surface area contributed by atoms with Gasteiger partial charge in [-0.1, -0.05) is 0 Å². The molecule has 1 aliphatic heterocycles. The van der Waals surface area contributed by atoms with Crippen LogP contribution in [0.1, 0.15) is 27.9 Å². The molecule has 68 valence electrons. The smallest absolute Gasteiger partial charge is 0.170 e. The monoisotopic (exact) mass is 176 g/mol. The summed E-state index contributed by atoms with van der Waals surface area (Å²) in [5.41, 5.74) is 3.07. The molecule has 0 saturated carbocycles. The number of ether oxygens (including phenoxy) is 1. The Balaban J connectivity index is 2.58. The molecule has 2 rings (SSSR count). The molecule has 13 heavy (non-hydrogen) atoms. The third-order valence-corrected chi connectivity index (χ3v) is 2.48. The van der Waals surface area contributed by atoms with E-state index in [1.54, 1.807) is 0 Å². The van der Waals surface area contributed by atoms with Crippen molar-refractivity contribution >= 4 is 5.78 Å². The molecule has 1 aliphatic rings. The lowest BCUT2D eigenvalue weighted by Gasteiger charge is -2.17. The molecule has 1 heterocycles. The van der Waals surface area contributed by atoms with Gasteiger partial charge < -0.3 is 4.74 Å². The van der Waals surface area contributed by atoms with E-state index in [0.29, 0.717) is 13.0 Å². The van der Waals surface area contributed by atoms with Gasteiger partial charge in [0, 0.05) is 6.42 Å². The van der Waals surface area contributed by atoms with Crippen LogP contribution in [0.2, 0.25) is 0 Å². The first-order valence-electron chi connectivity index (χ1n) is 4.46. The number of fused-ring (bicyclic) bond motifs is 1. The maximum atomic E-state index is 11.5. The van der Waals surface area contributed by atoms with E-state index < -0.39 is 0 Å². The Kier molecular flexibility index (Phi) is 1.83. The Morgan fingerprint density at radius 3 is 2.69 bits per heavy atom. The summed E-state index contributed by atoms with van der Waals surface area (Å²) in [5.74, 6) is 0.948. The summed E-state index contributed by atoms with van der Waals surface area (Å²) in [6.07, 6.45) is 0.509. The minimum Gasteiger partial charge on any atom is -0.492 e. The Hall–Kier alpha value is -1.31. The van der Waals surface area contributed by atoms with Crippen LogP contribution < -0.4 is 4.74 Å². The fourth-order valence-corrected chi connectivity index (χ4v) is 1.52. The highest BCUT2D eigenvalue weighted by molar-refractivity contribution is 5.99. The summed E-state index contributed by atoms with van der Waals surface area (Å²) in [6, 6.07) is 3.87. The molecule has 0 aliphatic carbocycles. The van der Waals surface area contributed by atoms with Crippen molar-refractivity contribution in [3.63, 3.8) is 0 Å². The summed E-state index contributed by atoms with van der Waals surface area (Å²) in [4.78, 5) is 11.5. The number of carbonyl (C=O) groups is 1. The highest BCUT2D eigenvalue weighted by Gasteiger charge is 2.18. The van der Waals surface area contributed by atoms with Crippen molar-refractivity contribution in [2.24, 2.45) is 0 Å². The Labute approximate surface area is 77.5 Å². The summed E-state index contributed by atoms with van der Waals surface area (Å²) in [7, 11) is 0. The van der Waals surface area contributed by atoms with E-state index in [9.17, 15) is 4.79 Å². The summed E-state index contributed by atoms with van der Waals surface area (Å²) >= 11 is 0. The molecule has 0 atom stereocenters. The molecule has 0 bridgehead atoms. The molecule has 2 heteroatoms. The van der Waals surface area contributed by atoms with Crippen LogP contribution in [0, 0.1) is 13.8 Å². The average Bonchev–Trinajstić information content (AvgIpc) is 2.09. The van der Waals surface area contributed by atoms with Gasteiger partial charge in [-0.2, -0.15) is 0 Å². The van der Waals surface area contributed by atoms with Gasteiger partial charge in [0.05, 0.1) is 12.2 Å². The molecule has 0 radical (unpaired) electrons. The molecule has 0 saturated heterocycles. The third-order valence-electron chi connectivity index (χ3n) is 2.48. The van der Waals surface area contributed by atoms with Gasteiger partial charge in [-0.25, -0.2) is 0 Å². The number of hydrogen-bond acceptors (Lipinski definition) is 2. The van der Waals surface area contributed by atoms with E-state index >= 15 is 0 Å². The summed E-state index contributed by atoms with van der Waals surface area (Å²) in [5, 5.41) is 0. The predicted molar refractivity (Wildman–Crippen MR) is 50.4 cm³/mol. The lowest BCUT2D eigenvalue weighted by Crippen LogP contribution is -2.15. The van der Waals surface area contributed by atoms with Gasteiger partial charge in [0.15, 0.2) is 5.78 Å². The quantitative estimate of drug-likeness (QED) is 0.606. The van der Waals surface area contributed by atoms with Gasteiger partial charge in [-0.05, 0) is 37.1 Å². The number of benzene rings is 1. The molecule has 0 aromatic heterocycles. The molecular formula is C11H12O2. The van der Waals surface area contributed by atoms with Crippen LogP contribution in [0.5, 0.6) is 5.75 Å². The zero-order valence-electron chi connectivity index (χ0n) is 7.89. The van der Waals surface area contributed by atoms with Crippen LogP contribution in [0.4, 0.5) is 0 Å².